The van der Waals surface area contributed by atoms with Gasteiger partial charge in [0.1, 0.15) is 0 Å². The van der Waals surface area contributed by atoms with Gasteiger partial charge in [0.05, 0.1) is 12.3 Å². The maximum atomic E-state index is 11.7. The molecule has 0 N–H and O–H groups in total. The van der Waals surface area contributed by atoms with Gasteiger partial charge in [-0.05, 0) is 30.4 Å². The van der Waals surface area contributed by atoms with Crippen molar-refractivity contribution >= 4 is 11.9 Å². The largest absolute Gasteiger partial charge is 0.393 e. The average molecular weight is 407 g/mol. The molecule has 6 nitrogen and oxygen atoms in total. The predicted octanol–water partition coefficient (Wildman–Crippen LogP) is 4.50. The molecule has 0 radical (unpaired) electrons. The Kier molecular flexibility index (Phi) is 9.78. The van der Waals surface area contributed by atoms with Crippen LogP contribution in [-0.4, -0.2) is 39.2 Å². The summed E-state index contributed by atoms with van der Waals surface area (Å²) in [7, 11) is 4.80. The molecule has 1 aromatic carbocycles. The number of carbonyl (C=O) groups is 2. The molecule has 0 amide bonds. The smallest absolute Gasteiger partial charge is 0.321 e. The number of hydrogen-bond acceptors (Lipinski definition) is 6. The van der Waals surface area contributed by atoms with Crippen LogP contribution >= 0.6 is 0 Å². The molecule has 1 unspecified atom stereocenters. The highest BCUT2D eigenvalue weighted by molar-refractivity contribution is 5.97. The summed E-state index contributed by atoms with van der Waals surface area (Å²) in [4.78, 5) is 23.0. The standard InChI is InChI=1S/C23H34O6/c1-26-23(27-2,28-3)15-10-8-6-4-5-7-9-12-18-13-11-14-19(16-18)20-17-21(24)29-22(20)25/h11,13-14,16,20H,4-10,12,15,17H2,1-3H3. The van der Waals surface area contributed by atoms with Crippen LogP contribution in [0.2, 0.25) is 0 Å². The minimum atomic E-state index is -0.906. The fourth-order valence-corrected chi connectivity index (χ4v) is 3.80. The van der Waals surface area contributed by atoms with E-state index in [4.69, 9.17) is 14.2 Å². The first-order chi connectivity index (χ1) is 14.0. The Bertz CT molecular complexity index is 644. The Morgan fingerprint density at radius 2 is 1.55 bits per heavy atom. The van der Waals surface area contributed by atoms with E-state index >= 15 is 0 Å². The number of unbranched alkanes of at least 4 members (excludes halogenated alkanes) is 6. The highest BCUT2D eigenvalue weighted by Crippen LogP contribution is 2.28. The van der Waals surface area contributed by atoms with Gasteiger partial charge in [-0.15, -0.1) is 0 Å². The van der Waals surface area contributed by atoms with Crippen LogP contribution in [-0.2, 0) is 35.0 Å². The molecule has 6 heteroatoms. The molecule has 2 rings (SSSR count). The van der Waals surface area contributed by atoms with Crippen LogP contribution < -0.4 is 0 Å². The van der Waals surface area contributed by atoms with Gasteiger partial charge in [-0.25, -0.2) is 0 Å². The number of carbonyl (C=O) groups excluding carboxylic acids is 2. The fourth-order valence-electron chi connectivity index (χ4n) is 3.80. The molecule has 1 heterocycles. The van der Waals surface area contributed by atoms with Gasteiger partial charge in [0.2, 0.25) is 0 Å². The number of esters is 2. The van der Waals surface area contributed by atoms with Crippen LogP contribution in [0.1, 0.15) is 74.8 Å². The lowest BCUT2D eigenvalue weighted by molar-refractivity contribution is -0.355. The number of benzene rings is 1. The van der Waals surface area contributed by atoms with Gasteiger partial charge in [-0.1, -0.05) is 56.4 Å². The molecule has 0 spiro atoms. The average Bonchev–Trinajstić information content (AvgIpc) is 3.08. The number of cyclic esters (lactones) is 2. The van der Waals surface area contributed by atoms with Gasteiger partial charge in [-0.3, -0.25) is 9.59 Å². The van der Waals surface area contributed by atoms with Crippen molar-refractivity contribution < 1.29 is 28.5 Å². The predicted molar refractivity (Wildman–Crippen MR) is 109 cm³/mol. The molecule has 0 aliphatic carbocycles. The van der Waals surface area contributed by atoms with Crippen LogP contribution in [0.15, 0.2) is 24.3 Å². The molecule has 1 atom stereocenters. The summed E-state index contributed by atoms with van der Waals surface area (Å²) in [6.45, 7) is 0. The summed E-state index contributed by atoms with van der Waals surface area (Å²) in [5.74, 6) is -2.19. The zero-order chi connectivity index (χ0) is 21.1. The van der Waals surface area contributed by atoms with E-state index < -0.39 is 23.8 Å². The second-order valence-corrected chi connectivity index (χ2v) is 7.57. The molecule has 29 heavy (non-hydrogen) atoms. The maximum absolute atomic E-state index is 11.7. The zero-order valence-corrected chi connectivity index (χ0v) is 17.9. The van der Waals surface area contributed by atoms with Crippen molar-refractivity contribution in [2.24, 2.45) is 0 Å². The molecular formula is C23H34O6. The summed E-state index contributed by atoms with van der Waals surface area (Å²) in [5.41, 5.74) is 2.10. The van der Waals surface area contributed by atoms with Gasteiger partial charge >= 0.3 is 11.9 Å². The van der Waals surface area contributed by atoms with Gasteiger partial charge in [0.25, 0.3) is 5.97 Å². The van der Waals surface area contributed by atoms with Crippen molar-refractivity contribution in [2.75, 3.05) is 21.3 Å². The monoisotopic (exact) mass is 406 g/mol. The van der Waals surface area contributed by atoms with Gasteiger partial charge in [-0.2, -0.15) is 0 Å². The lowest BCUT2D eigenvalue weighted by Crippen LogP contribution is -2.35. The first-order valence-electron chi connectivity index (χ1n) is 10.5. The second-order valence-electron chi connectivity index (χ2n) is 7.57. The lowest BCUT2D eigenvalue weighted by atomic mass is 9.94. The molecule has 0 aromatic heterocycles. The summed E-state index contributed by atoms with van der Waals surface area (Å²) in [5, 5.41) is 0. The molecule has 1 aromatic rings. The molecule has 1 aliphatic heterocycles. The van der Waals surface area contributed by atoms with E-state index in [1.165, 1.54) is 31.2 Å². The van der Waals surface area contributed by atoms with E-state index in [0.717, 1.165) is 37.7 Å². The highest BCUT2D eigenvalue weighted by Gasteiger charge is 2.34. The van der Waals surface area contributed by atoms with E-state index in [0.29, 0.717) is 0 Å². The molecule has 162 valence electrons. The van der Waals surface area contributed by atoms with E-state index in [9.17, 15) is 9.59 Å². The van der Waals surface area contributed by atoms with Gasteiger partial charge in [0.15, 0.2) is 0 Å². The third-order valence-corrected chi connectivity index (χ3v) is 5.60. The summed E-state index contributed by atoms with van der Waals surface area (Å²) < 4.78 is 20.6. The number of methoxy groups -OCH3 is 3. The van der Waals surface area contributed by atoms with Crippen LogP contribution in [0.5, 0.6) is 0 Å². The molecule has 1 aliphatic rings. The number of aryl methyl sites for hydroxylation is 1. The summed E-state index contributed by atoms with van der Waals surface area (Å²) in [6.07, 6.45) is 9.95. The molecule has 1 saturated heterocycles. The first kappa shape index (κ1) is 23.5. The van der Waals surface area contributed by atoms with E-state index in [1.807, 2.05) is 18.2 Å². The maximum Gasteiger partial charge on any atom is 0.321 e. The van der Waals surface area contributed by atoms with E-state index in [2.05, 4.69) is 10.8 Å². The number of ether oxygens (including phenoxy) is 4. The van der Waals surface area contributed by atoms with Crippen molar-refractivity contribution in [3.63, 3.8) is 0 Å². The number of rotatable bonds is 14. The Labute approximate surface area is 173 Å². The third kappa shape index (κ3) is 7.21. The second kappa shape index (κ2) is 12.1. The van der Waals surface area contributed by atoms with Crippen molar-refractivity contribution in [1.82, 2.24) is 0 Å². The summed E-state index contributed by atoms with van der Waals surface area (Å²) >= 11 is 0. The van der Waals surface area contributed by atoms with Crippen molar-refractivity contribution in [3.8, 4) is 0 Å². The van der Waals surface area contributed by atoms with Gasteiger partial charge < -0.3 is 18.9 Å². The minimum absolute atomic E-state index is 0.155. The van der Waals surface area contributed by atoms with Crippen molar-refractivity contribution in [3.05, 3.63) is 35.4 Å². The SMILES string of the molecule is COC(CCCCCCCCCc1cccc(C2CC(=O)OC2=O)c1)(OC)OC. The highest BCUT2D eigenvalue weighted by atomic mass is 16.9. The van der Waals surface area contributed by atoms with Crippen LogP contribution in [0.3, 0.4) is 0 Å². The minimum Gasteiger partial charge on any atom is -0.393 e. The molecule has 1 fully saturated rings. The quantitative estimate of drug-likeness (QED) is 0.196. The van der Waals surface area contributed by atoms with Gasteiger partial charge in [0, 0.05) is 27.8 Å². The number of hydrogen-bond donors (Lipinski definition) is 0. The van der Waals surface area contributed by atoms with Crippen LogP contribution in [0, 0.1) is 0 Å². The topological polar surface area (TPSA) is 71.1 Å². The third-order valence-electron chi connectivity index (χ3n) is 5.60. The Balaban J connectivity index is 1.59. The lowest BCUT2D eigenvalue weighted by Gasteiger charge is -2.28. The van der Waals surface area contributed by atoms with Crippen LogP contribution in [0.25, 0.3) is 0 Å². The van der Waals surface area contributed by atoms with Crippen molar-refractivity contribution in [1.29, 1.82) is 0 Å². The normalized spacial score (nSPS) is 17.0. The fraction of sp³-hybridized carbons (Fsp3) is 0.652. The molecule has 0 bridgehead atoms. The Morgan fingerprint density at radius 1 is 0.931 bits per heavy atom. The molecule has 0 saturated carbocycles. The Hall–Kier alpha value is -1.76. The van der Waals surface area contributed by atoms with Crippen LogP contribution in [0.4, 0.5) is 0 Å². The Morgan fingerprint density at radius 3 is 2.14 bits per heavy atom. The van der Waals surface area contributed by atoms with E-state index in [-0.39, 0.29) is 6.42 Å². The van der Waals surface area contributed by atoms with Crippen molar-refractivity contribution in [2.45, 2.75) is 76.1 Å². The van der Waals surface area contributed by atoms with E-state index in [1.54, 1.807) is 21.3 Å². The molecular weight excluding hydrogens is 372 g/mol. The summed E-state index contributed by atoms with van der Waals surface area (Å²) in [6, 6.07) is 7.98. The first-order valence-corrected chi connectivity index (χ1v) is 10.5. The zero-order valence-electron chi connectivity index (χ0n) is 17.9.